The van der Waals surface area contributed by atoms with Gasteiger partial charge in [-0.1, -0.05) is 38.0 Å². The van der Waals surface area contributed by atoms with Gasteiger partial charge in [0.25, 0.3) is 0 Å². The van der Waals surface area contributed by atoms with Crippen LogP contribution in [-0.4, -0.2) is 19.7 Å². The summed E-state index contributed by atoms with van der Waals surface area (Å²) in [6.45, 7) is 8.54. The number of hydrogen-bond donors (Lipinski definition) is 1. The van der Waals surface area contributed by atoms with E-state index in [1.165, 1.54) is 0 Å². The first kappa shape index (κ1) is 28.6. The molecule has 1 unspecified atom stereocenters. The third-order valence-electron chi connectivity index (χ3n) is 7.48. The van der Waals surface area contributed by atoms with Crippen molar-refractivity contribution < 1.29 is 28.2 Å². The van der Waals surface area contributed by atoms with Gasteiger partial charge in [0.2, 0.25) is 11.6 Å². The Morgan fingerprint density at radius 2 is 1.86 bits per heavy atom. The van der Waals surface area contributed by atoms with E-state index in [2.05, 4.69) is 13.0 Å². The number of benzene rings is 3. The quantitative estimate of drug-likeness (QED) is 0.127. The van der Waals surface area contributed by atoms with E-state index < -0.39 is 11.9 Å². The van der Waals surface area contributed by atoms with Crippen molar-refractivity contribution in [3.05, 3.63) is 93.6 Å². The minimum absolute atomic E-state index is 0.0173. The average molecular weight is 567 g/mol. The normalized spacial score (nSPS) is 14.2. The van der Waals surface area contributed by atoms with E-state index in [0.29, 0.717) is 35.0 Å². The standard InChI is InChI=1S/C34H34N2O6/c1-6-7-8-13-39-26-12-9-22(16-28(26)38-5)31-24-11-10-23(17-27(24)42-33(36)25(31)18-35)40-34(37)32-21(4)30-20(3)14-19(2)15-29(30)41-32/h9-12,14-17,31H,6-8,13,36H2,1-5H3. The Hall–Kier alpha value is -4.90. The molecule has 2 N–H and O–H groups in total. The number of allylic oxidation sites excluding steroid dienone is 1. The number of nitrogens with zero attached hydrogens (tertiary/aromatic N) is 1. The molecule has 0 fully saturated rings. The van der Waals surface area contributed by atoms with Crippen LogP contribution in [-0.2, 0) is 0 Å². The van der Waals surface area contributed by atoms with Gasteiger partial charge in [0.1, 0.15) is 28.7 Å². The minimum atomic E-state index is -0.617. The van der Waals surface area contributed by atoms with Crippen LogP contribution in [0.1, 0.15) is 70.5 Å². The number of carbonyl (C=O) groups excluding carboxylic acids is 1. The van der Waals surface area contributed by atoms with Crippen molar-refractivity contribution in [3.63, 3.8) is 0 Å². The number of rotatable bonds is 9. The third kappa shape index (κ3) is 5.38. The van der Waals surface area contributed by atoms with Crippen LogP contribution in [0.3, 0.4) is 0 Å². The van der Waals surface area contributed by atoms with E-state index >= 15 is 0 Å². The Bertz CT molecular complexity index is 1740. The second kappa shape index (κ2) is 11.9. The molecule has 8 nitrogen and oxygen atoms in total. The van der Waals surface area contributed by atoms with Gasteiger partial charge in [0.05, 0.1) is 19.6 Å². The monoisotopic (exact) mass is 566 g/mol. The van der Waals surface area contributed by atoms with E-state index in [0.717, 1.165) is 46.9 Å². The number of esters is 1. The Kier molecular flexibility index (Phi) is 8.12. The van der Waals surface area contributed by atoms with Crippen LogP contribution in [0.2, 0.25) is 0 Å². The van der Waals surface area contributed by atoms with Gasteiger partial charge < -0.3 is 29.1 Å². The summed E-state index contributed by atoms with van der Waals surface area (Å²) in [5.41, 5.74) is 11.4. The molecule has 1 aromatic heterocycles. The molecule has 5 rings (SSSR count). The predicted molar refractivity (Wildman–Crippen MR) is 159 cm³/mol. The molecule has 4 aromatic rings. The molecule has 0 saturated carbocycles. The van der Waals surface area contributed by atoms with Crippen molar-refractivity contribution in [2.45, 2.75) is 52.9 Å². The lowest BCUT2D eigenvalue weighted by atomic mass is 9.83. The molecule has 3 aromatic carbocycles. The fourth-order valence-corrected chi connectivity index (χ4v) is 5.50. The second-order valence-corrected chi connectivity index (χ2v) is 10.5. The molecule has 1 aliphatic heterocycles. The summed E-state index contributed by atoms with van der Waals surface area (Å²) in [7, 11) is 1.58. The van der Waals surface area contributed by atoms with Crippen LogP contribution in [0.25, 0.3) is 11.0 Å². The number of fused-ring (bicyclic) bond motifs is 2. The highest BCUT2D eigenvalue weighted by Crippen LogP contribution is 2.45. The largest absolute Gasteiger partial charge is 0.493 e. The number of hydrogen-bond acceptors (Lipinski definition) is 8. The van der Waals surface area contributed by atoms with Gasteiger partial charge >= 0.3 is 5.97 Å². The van der Waals surface area contributed by atoms with Gasteiger partial charge in [-0.2, -0.15) is 5.26 Å². The van der Waals surface area contributed by atoms with Crippen molar-refractivity contribution >= 4 is 16.9 Å². The number of ether oxygens (including phenoxy) is 4. The molecular formula is C34H34N2O6. The molecule has 0 aliphatic carbocycles. The number of aryl methyl sites for hydroxylation is 3. The first-order valence-electron chi connectivity index (χ1n) is 14.0. The first-order chi connectivity index (χ1) is 20.2. The zero-order valence-corrected chi connectivity index (χ0v) is 24.5. The highest BCUT2D eigenvalue weighted by molar-refractivity contribution is 5.98. The fourth-order valence-electron chi connectivity index (χ4n) is 5.50. The minimum Gasteiger partial charge on any atom is -0.493 e. The second-order valence-electron chi connectivity index (χ2n) is 10.5. The van der Waals surface area contributed by atoms with Gasteiger partial charge in [-0.05, 0) is 68.1 Å². The smallest absolute Gasteiger partial charge is 0.379 e. The molecule has 216 valence electrons. The molecule has 0 radical (unpaired) electrons. The van der Waals surface area contributed by atoms with Gasteiger partial charge in [0.15, 0.2) is 11.5 Å². The summed E-state index contributed by atoms with van der Waals surface area (Å²) in [4.78, 5) is 13.2. The number of unbranched alkanes of at least 4 members (excludes halogenated alkanes) is 2. The summed E-state index contributed by atoms with van der Waals surface area (Å²) in [6, 6.07) is 16.8. The third-order valence-corrected chi connectivity index (χ3v) is 7.48. The SMILES string of the molecule is CCCCCOc1ccc(C2C(C#N)=C(N)Oc3cc(OC(=O)c4oc5cc(C)cc(C)c5c4C)ccc32)cc1OC. The van der Waals surface area contributed by atoms with Crippen LogP contribution in [0, 0.1) is 32.1 Å². The summed E-state index contributed by atoms with van der Waals surface area (Å²) in [5, 5.41) is 10.9. The molecule has 0 saturated heterocycles. The Balaban J connectivity index is 1.45. The molecule has 0 spiro atoms. The lowest BCUT2D eigenvalue weighted by molar-refractivity contribution is 0.0702. The maximum Gasteiger partial charge on any atom is 0.379 e. The van der Waals surface area contributed by atoms with Crippen molar-refractivity contribution in [1.29, 1.82) is 5.26 Å². The number of nitriles is 1. The van der Waals surface area contributed by atoms with Crippen molar-refractivity contribution in [2.24, 2.45) is 5.73 Å². The molecule has 0 amide bonds. The van der Waals surface area contributed by atoms with E-state index in [4.69, 9.17) is 29.1 Å². The van der Waals surface area contributed by atoms with Crippen molar-refractivity contribution in [2.75, 3.05) is 13.7 Å². The van der Waals surface area contributed by atoms with Crippen LogP contribution in [0.4, 0.5) is 0 Å². The molecule has 1 atom stereocenters. The van der Waals surface area contributed by atoms with Gasteiger partial charge in [0, 0.05) is 22.6 Å². The molecule has 2 heterocycles. The Morgan fingerprint density at radius 1 is 1.05 bits per heavy atom. The summed E-state index contributed by atoms with van der Waals surface area (Å²) in [6.07, 6.45) is 3.14. The molecule has 0 bridgehead atoms. The predicted octanol–water partition coefficient (Wildman–Crippen LogP) is 7.37. The molecule has 8 heteroatoms. The Morgan fingerprint density at radius 3 is 2.60 bits per heavy atom. The van der Waals surface area contributed by atoms with Crippen molar-refractivity contribution in [1.82, 2.24) is 0 Å². The van der Waals surface area contributed by atoms with Crippen LogP contribution in [0.5, 0.6) is 23.0 Å². The summed E-state index contributed by atoms with van der Waals surface area (Å²) >= 11 is 0. The Labute approximate surface area is 245 Å². The number of carbonyl (C=O) groups is 1. The van der Waals surface area contributed by atoms with E-state index in [1.54, 1.807) is 25.3 Å². The summed E-state index contributed by atoms with van der Waals surface area (Å²) in [5.74, 6) is 0.824. The van der Waals surface area contributed by atoms with Gasteiger partial charge in [-0.25, -0.2) is 4.79 Å². The topological polar surface area (TPSA) is 117 Å². The van der Waals surface area contributed by atoms with E-state index in [1.807, 2.05) is 51.1 Å². The fraction of sp³-hybridized carbons (Fsp3) is 0.294. The molecular weight excluding hydrogens is 532 g/mol. The lowest BCUT2D eigenvalue weighted by Crippen LogP contribution is -2.21. The van der Waals surface area contributed by atoms with E-state index in [9.17, 15) is 10.1 Å². The van der Waals surface area contributed by atoms with Gasteiger partial charge in [-0.15, -0.1) is 0 Å². The van der Waals surface area contributed by atoms with Gasteiger partial charge in [-0.3, -0.25) is 0 Å². The maximum absolute atomic E-state index is 13.2. The van der Waals surface area contributed by atoms with Crippen molar-refractivity contribution in [3.8, 4) is 29.1 Å². The highest BCUT2D eigenvalue weighted by Gasteiger charge is 2.32. The van der Waals surface area contributed by atoms with Crippen LogP contribution >= 0.6 is 0 Å². The molecule has 1 aliphatic rings. The number of methoxy groups -OCH3 is 1. The highest BCUT2D eigenvalue weighted by atomic mass is 16.5. The number of nitrogens with two attached hydrogens (primary N) is 1. The number of furan rings is 1. The van der Waals surface area contributed by atoms with E-state index in [-0.39, 0.29) is 23.0 Å². The lowest BCUT2D eigenvalue weighted by Gasteiger charge is -2.27. The summed E-state index contributed by atoms with van der Waals surface area (Å²) < 4.78 is 29.0. The van der Waals surface area contributed by atoms with Crippen LogP contribution in [0.15, 0.2) is 64.4 Å². The molecule has 42 heavy (non-hydrogen) atoms. The zero-order valence-electron chi connectivity index (χ0n) is 24.5. The first-order valence-corrected chi connectivity index (χ1v) is 14.0. The zero-order chi connectivity index (χ0) is 30.0. The van der Waals surface area contributed by atoms with Crippen LogP contribution < -0.4 is 24.7 Å². The average Bonchev–Trinajstić information content (AvgIpc) is 3.30. The maximum atomic E-state index is 13.2.